The fraction of sp³-hybridized carbons (Fsp3) is 0.818. The summed E-state index contributed by atoms with van der Waals surface area (Å²) in [5, 5.41) is 7.36. The number of nitrogens with one attached hydrogen (secondary N) is 1. The number of hydrogen-bond donors (Lipinski definition) is 1. The first-order valence-electron chi connectivity index (χ1n) is 6.16. The Morgan fingerprint density at radius 3 is 2.76 bits per heavy atom. The molecule has 0 saturated carbocycles. The highest BCUT2D eigenvalue weighted by atomic mass is 16.5. The van der Waals surface area contributed by atoms with Crippen molar-refractivity contribution >= 4 is 0 Å². The van der Waals surface area contributed by atoms with Crippen molar-refractivity contribution in [1.29, 1.82) is 0 Å². The minimum absolute atomic E-state index is 0.0705. The lowest BCUT2D eigenvalue weighted by Gasteiger charge is -2.20. The van der Waals surface area contributed by atoms with Crippen LogP contribution in [0.2, 0.25) is 0 Å². The van der Waals surface area contributed by atoms with Gasteiger partial charge in [-0.3, -0.25) is 0 Å². The molecule has 94 valence electrons. The molecule has 0 amide bonds. The predicted molar refractivity (Wildman–Crippen MR) is 58.7 cm³/mol. The highest BCUT2D eigenvalue weighted by molar-refractivity contribution is 5.00. The summed E-state index contributed by atoms with van der Waals surface area (Å²) < 4.78 is 16.1. The Kier molecular flexibility index (Phi) is 3.35. The van der Waals surface area contributed by atoms with Crippen LogP contribution in [0, 0.1) is 0 Å². The van der Waals surface area contributed by atoms with Gasteiger partial charge in [-0.05, 0) is 12.8 Å². The molecule has 3 heterocycles. The first-order valence-corrected chi connectivity index (χ1v) is 6.16. The van der Waals surface area contributed by atoms with Crippen molar-refractivity contribution in [3.05, 3.63) is 11.7 Å². The molecule has 0 bridgehead atoms. The molecule has 0 aromatic carbocycles. The summed E-state index contributed by atoms with van der Waals surface area (Å²) in [7, 11) is 0. The maximum atomic E-state index is 5.39. The molecular formula is C11H17N3O3. The van der Waals surface area contributed by atoms with Crippen molar-refractivity contribution in [3.63, 3.8) is 0 Å². The molecule has 2 aliphatic heterocycles. The molecule has 0 radical (unpaired) electrons. The lowest BCUT2D eigenvalue weighted by molar-refractivity contribution is 0.0733. The number of hydrogen-bond acceptors (Lipinski definition) is 6. The maximum absolute atomic E-state index is 5.39. The highest BCUT2D eigenvalue weighted by Gasteiger charge is 2.25. The molecule has 17 heavy (non-hydrogen) atoms. The summed E-state index contributed by atoms with van der Waals surface area (Å²) in [6.07, 6.45) is 1.94. The van der Waals surface area contributed by atoms with Crippen LogP contribution in [0.1, 0.15) is 36.5 Å². The van der Waals surface area contributed by atoms with Gasteiger partial charge >= 0.3 is 0 Å². The van der Waals surface area contributed by atoms with E-state index in [2.05, 4.69) is 15.5 Å². The number of aromatic nitrogens is 2. The van der Waals surface area contributed by atoms with Gasteiger partial charge in [-0.2, -0.15) is 4.98 Å². The molecule has 1 aromatic rings. The zero-order chi connectivity index (χ0) is 11.5. The third-order valence-corrected chi connectivity index (χ3v) is 3.26. The second-order valence-electron chi connectivity index (χ2n) is 4.46. The lowest BCUT2D eigenvalue weighted by Crippen LogP contribution is -2.35. The van der Waals surface area contributed by atoms with E-state index >= 15 is 0 Å². The SMILES string of the molecule is C1COCC(c2noc(C3CCOCC3)n2)N1. The number of morpholine rings is 1. The molecule has 6 nitrogen and oxygen atoms in total. The van der Waals surface area contributed by atoms with Gasteiger partial charge in [0.25, 0.3) is 0 Å². The van der Waals surface area contributed by atoms with Gasteiger partial charge in [0.1, 0.15) is 0 Å². The van der Waals surface area contributed by atoms with Crippen molar-refractivity contribution < 1.29 is 14.0 Å². The van der Waals surface area contributed by atoms with Crippen LogP contribution in [0.3, 0.4) is 0 Å². The summed E-state index contributed by atoms with van der Waals surface area (Å²) >= 11 is 0. The van der Waals surface area contributed by atoms with Crippen LogP contribution in [0.15, 0.2) is 4.52 Å². The van der Waals surface area contributed by atoms with E-state index in [1.165, 1.54) is 0 Å². The second kappa shape index (κ2) is 5.12. The van der Waals surface area contributed by atoms with Gasteiger partial charge in [0.05, 0.1) is 19.3 Å². The van der Waals surface area contributed by atoms with Crippen molar-refractivity contribution in [2.75, 3.05) is 33.0 Å². The van der Waals surface area contributed by atoms with E-state index in [0.29, 0.717) is 18.3 Å². The Morgan fingerprint density at radius 1 is 1.12 bits per heavy atom. The Balaban J connectivity index is 1.68. The molecule has 1 aromatic heterocycles. The number of ether oxygens (including phenoxy) is 2. The van der Waals surface area contributed by atoms with Gasteiger partial charge in [-0.1, -0.05) is 5.16 Å². The normalized spacial score (nSPS) is 27.2. The van der Waals surface area contributed by atoms with E-state index in [1.54, 1.807) is 0 Å². The molecule has 2 fully saturated rings. The molecule has 1 atom stereocenters. The Bertz CT molecular complexity index is 324. The third kappa shape index (κ3) is 2.48. The molecule has 0 aliphatic carbocycles. The van der Waals surface area contributed by atoms with Gasteiger partial charge in [0.2, 0.25) is 5.89 Å². The number of rotatable bonds is 2. The first kappa shape index (κ1) is 11.1. The Labute approximate surface area is 99.7 Å². The van der Waals surface area contributed by atoms with Crippen molar-refractivity contribution in [1.82, 2.24) is 15.5 Å². The van der Waals surface area contributed by atoms with E-state index in [4.69, 9.17) is 14.0 Å². The van der Waals surface area contributed by atoms with Crippen LogP contribution < -0.4 is 5.32 Å². The minimum Gasteiger partial charge on any atom is -0.381 e. The van der Waals surface area contributed by atoms with E-state index in [9.17, 15) is 0 Å². The fourth-order valence-electron chi connectivity index (χ4n) is 2.23. The molecule has 3 rings (SSSR count). The Morgan fingerprint density at radius 2 is 2.00 bits per heavy atom. The number of nitrogens with zero attached hydrogens (tertiary/aromatic N) is 2. The van der Waals surface area contributed by atoms with E-state index in [1.807, 2.05) is 0 Å². The van der Waals surface area contributed by atoms with Gasteiger partial charge in [0.15, 0.2) is 5.82 Å². The molecule has 1 unspecified atom stereocenters. The van der Waals surface area contributed by atoms with Crippen LogP contribution in [0.4, 0.5) is 0 Å². The van der Waals surface area contributed by atoms with Crippen LogP contribution in [0.25, 0.3) is 0 Å². The quantitative estimate of drug-likeness (QED) is 0.816. The van der Waals surface area contributed by atoms with Gasteiger partial charge in [-0.15, -0.1) is 0 Å². The van der Waals surface area contributed by atoms with Crippen LogP contribution in [-0.4, -0.2) is 43.1 Å². The summed E-state index contributed by atoms with van der Waals surface area (Å²) in [5.74, 6) is 1.82. The van der Waals surface area contributed by atoms with Gasteiger partial charge in [-0.25, -0.2) is 0 Å². The molecule has 1 N–H and O–H groups in total. The monoisotopic (exact) mass is 239 g/mol. The predicted octanol–water partition coefficient (Wildman–Crippen LogP) is 0.624. The van der Waals surface area contributed by atoms with Gasteiger partial charge in [0, 0.05) is 25.7 Å². The smallest absolute Gasteiger partial charge is 0.229 e. The molecule has 6 heteroatoms. The highest BCUT2D eigenvalue weighted by Crippen LogP contribution is 2.26. The zero-order valence-electron chi connectivity index (χ0n) is 9.72. The minimum atomic E-state index is 0.0705. The Hall–Kier alpha value is -0.980. The van der Waals surface area contributed by atoms with Crippen LogP contribution >= 0.6 is 0 Å². The maximum Gasteiger partial charge on any atom is 0.229 e. The topological polar surface area (TPSA) is 69.4 Å². The summed E-state index contributed by atoms with van der Waals surface area (Å²) in [5.41, 5.74) is 0. The summed E-state index contributed by atoms with van der Waals surface area (Å²) in [6.45, 7) is 3.78. The van der Waals surface area contributed by atoms with Gasteiger partial charge < -0.3 is 19.3 Å². The average Bonchev–Trinajstić information content (AvgIpc) is 2.90. The lowest BCUT2D eigenvalue weighted by atomic mass is 10.0. The zero-order valence-corrected chi connectivity index (χ0v) is 9.72. The van der Waals surface area contributed by atoms with Crippen molar-refractivity contribution in [2.24, 2.45) is 0 Å². The largest absolute Gasteiger partial charge is 0.381 e. The van der Waals surface area contributed by atoms with E-state index < -0.39 is 0 Å². The molecule has 2 saturated heterocycles. The second-order valence-corrected chi connectivity index (χ2v) is 4.46. The van der Waals surface area contributed by atoms with Crippen LogP contribution in [-0.2, 0) is 9.47 Å². The summed E-state index contributed by atoms with van der Waals surface area (Å²) in [4.78, 5) is 4.48. The molecule has 2 aliphatic rings. The standard InChI is InChI=1S/C11H17N3O3/c1-4-15-5-2-8(1)11-13-10(14-17-11)9-7-16-6-3-12-9/h8-9,12H,1-7H2. The average molecular weight is 239 g/mol. The fourth-order valence-corrected chi connectivity index (χ4v) is 2.23. The molecule has 0 spiro atoms. The van der Waals surface area contributed by atoms with E-state index in [0.717, 1.165) is 45.1 Å². The van der Waals surface area contributed by atoms with Crippen molar-refractivity contribution in [2.45, 2.75) is 24.8 Å². The third-order valence-electron chi connectivity index (χ3n) is 3.26. The first-order chi connectivity index (χ1) is 8.43. The van der Waals surface area contributed by atoms with Crippen molar-refractivity contribution in [3.8, 4) is 0 Å². The summed E-state index contributed by atoms with van der Waals surface area (Å²) in [6, 6.07) is 0.0705. The van der Waals surface area contributed by atoms with Crippen LogP contribution in [0.5, 0.6) is 0 Å². The molecular weight excluding hydrogens is 222 g/mol. The van der Waals surface area contributed by atoms with E-state index in [-0.39, 0.29) is 6.04 Å².